The summed E-state index contributed by atoms with van der Waals surface area (Å²) < 4.78 is 53.4. The normalized spacial score (nSPS) is 14.5. The molecule has 0 radical (unpaired) electrons. The first kappa shape index (κ1) is 112. The van der Waals surface area contributed by atoms with Crippen LogP contribution in [0.2, 0.25) is 0 Å². The maximum Gasteiger partial charge on any atom is 0.339 e. The molecule has 12 N–H and O–H groups in total. The van der Waals surface area contributed by atoms with Crippen molar-refractivity contribution in [2.75, 3.05) is 45.8 Å². The third-order valence-corrected chi connectivity index (χ3v) is 19.8. The van der Waals surface area contributed by atoms with Crippen LogP contribution in [-0.2, 0) is 40.0 Å². The number of hydrogen-bond donors (Lipinski definition) is 12. The van der Waals surface area contributed by atoms with Crippen molar-refractivity contribution >= 4 is 71.2 Å². The summed E-state index contributed by atoms with van der Waals surface area (Å²) in [6.07, 6.45) is 21.3. The van der Waals surface area contributed by atoms with Gasteiger partial charge in [0.2, 0.25) is 23.6 Å². The molecule has 0 aromatic heterocycles. The largest absolute Gasteiger partial charge is 0.481 e. The van der Waals surface area contributed by atoms with Gasteiger partial charge in [0.15, 0.2) is 23.3 Å². The fraction of sp³-hybridized carbons (Fsp3) is 0.617. The van der Waals surface area contributed by atoms with Gasteiger partial charge in [0.25, 0.3) is 17.7 Å². The molecular formula is C94H145F4N7O17. The van der Waals surface area contributed by atoms with Crippen molar-refractivity contribution in [1.29, 1.82) is 0 Å². The summed E-state index contributed by atoms with van der Waals surface area (Å²) in [5.74, 6) is -12.1. The van der Waals surface area contributed by atoms with E-state index in [2.05, 4.69) is 120 Å². The molecule has 0 aliphatic heterocycles. The van der Waals surface area contributed by atoms with Gasteiger partial charge in [0, 0.05) is 75.7 Å². The molecule has 4 aromatic rings. The highest BCUT2D eigenvalue weighted by Gasteiger charge is 2.36. The highest BCUT2D eigenvalue weighted by molar-refractivity contribution is 6.05. The van der Waals surface area contributed by atoms with Crippen LogP contribution in [0.25, 0.3) is 0 Å². The molecule has 28 heteroatoms. The Morgan fingerprint density at radius 1 is 0.328 bits per heavy atom. The molecule has 2 aliphatic carbocycles. The van der Waals surface area contributed by atoms with Crippen LogP contribution in [0.15, 0.2) is 84.9 Å². The Hall–Kier alpha value is -9.76. The van der Waals surface area contributed by atoms with E-state index in [0.717, 1.165) is 121 Å². The summed E-state index contributed by atoms with van der Waals surface area (Å²) in [6, 6.07) is 25.2. The molecular weight excluding hydrogens is 1580 g/mol. The van der Waals surface area contributed by atoms with E-state index in [-0.39, 0.29) is 71.7 Å². The molecule has 4 aromatic carbocycles. The number of carboxylic acids is 5. The lowest BCUT2D eigenvalue weighted by Crippen LogP contribution is -2.40. The van der Waals surface area contributed by atoms with Crippen LogP contribution in [0.4, 0.5) is 17.6 Å². The molecule has 0 saturated heterocycles. The molecule has 0 spiro atoms. The summed E-state index contributed by atoms with van der Waals surface area (Å²) in [4.78, 5) is 135. The molecule has 2 atom stereocenters. The third-order valence-electron chi connectivity index (χ3n) is 19.8. The third kappa shape index (κ3) is 53.9. The van der Waals surface area contributed by atoms with Crippen LogP contribution in [0.3, 0.4) is 0 Å². The highest BCUT2D eigenvalue weighted by atomic mass is 19.2. The second-order valence-electron chi connectivity index (χ2n) is 34.0. The maximum absolute atomic E-state index is 13.6. The number of carbonyl (C=O) groups excluding carboxylic acids is 7. The quantitative estimate of drug-likeness (QED) is 0.00847. The summed E-state index contributed by atoms with van der Waals surface area (Å²) in [7, 11) is 0. The minimum Gasteiger partial charge on any atom is -0.481 e. The molecule has 6 rings (SSSR count). The van der Waals surface area contributed by atoms with E-state index in [1.165, 1.54) is 18.6 Å². The summed E-state index contributed by atoms with van der Waals surface area (Å²) in [5, 5.41) is 63.5. The average molecular weight is 1720 g/mol. The van der Waals surface area contributed by atoms with Gasteiger partial charge in [-0.3, -0.25) is 47.9 Å². The Morgan fingerprint density at radius 3 is 1.08 bits per heavy atom. The average Bonchev–Trinajstić information content (AvgIpc) is 0.773. The lowest BCUT2D eigenvalue weighted by Gasteiger charge is -2.27. The monoisotopic (exact) mass is 1720 g/mol. The van der Waals surface area contributed by atoms with Gasteiger partial charge in [-0.2, -0.15) is 0 Å². The van der Waals surface area contributed by atoms with Crippen molar-refractivity contribution in [2.24, 2.45) is 65.1 Å². The first-order valence-electron chi connectivity index (χ1n) is 43.7. The summed E-state index contributed by atoms with van der Waals surface area (Å²) in [5.41, 5.74) is -0.554. The summed E-state index contributed by atoms with van der Waals surface area (Å²) in [6.45, 7) is 34.3. The fourth-order valence-electron chi connectivity index (χ4n) is 12.7. The maximum atomic E-state index is 13.6. The minimum atomic E-state index is -2.27. The van der Waals surface area contributed by atoms with Crippen molar-refractivity contribution < 1.29 is 101 Å². The van der Waals surface area contributed by atoms with Crippen LogP contribution in [0.5, 0.6) is 0 Å². The van der Waals surface area contributed by atoms with Gasteiger partial charge in [-0.1, -0.05) is 164 Å². The smallest absolute Gasteiger partial charge is 0.339 e. The number of aliphatic carboxylic acids is 3. The van der Waals surface area contributed by atoms with E-state index < -0.39 is 76.1 Å². The molecule has 24 nitrogen and oxygen atoms in total. The number of rotatable bonds is 43. The van der Waals surface area contributed by atoms with E-state index in [9.17, 15) is 75.1 Å². The minimum absolute atomic E-state index is 0.0272. The van der Waals surface area contributed by atoms with Gasteiger partial charge < -0.3 is 62.8 Å². The lowest BCUT2D eigenvalue weighted by atomic mass is 9.78. The number of hydrogen-bond acceptors (Lipinski definition) is 12. The number of halogens is 4. The van der Waals surface area contributed by atoms with Crippen LogP contribution >= 0.6 is 0 Å². The topological polar surface area (TPSA) is 390 Å². The first-order valence-corrected chi connectivity index (χ1v) is 43.7. The van der Waals surface area contributed by atoms with Gasteiger partial charge in [-0.25, -0.2) is 27.2 Å². The Balaban J connectivity index is 0.00000141. The van der Waals surface area contributed by atoms with Crippen molar-refractivity contribution in [3.05, 3.63) is 142 Å². The zero-order valence-electron chi connectivity index (χ0n) is 74.9. The zero-order valence-corrected chi connectivity index (χ0v) is 74.9. The van der Waals surface area contributed by atoms with Gasteiger partial charge in [-0.05, 0) is 212 Å². The van der Waals surface area contributed by atoms with Crippen molar-refractivity contribution in [1.82, 2.24) is 37.2 Å². The first-order chi connectivity index (χ1) is 57.6. The van der Waals surface area contributed by atoms with Crippen LogP contribution in [-0.4, -0.2) is 143 Å². The second-order valence-corrected chi connectivity index (χ2v) is 34.0. The molecule has 7 amide bonds. The second kappa shape index (κ2) is 65.9. The van der Waals surface area contributed by atoms with Gasteiger partial charge in [0.05, 0.1) is 35.3 Å². The number of aromatic carboxylic acids is 2. The molecule has 122 heavy (non-hydrogen) atoms. The number of carbonyl (C=O) groups is 12. The van der Waals surface area contributed by atoms with Crippen LogP contribution in [0, 0.1) is 88.4 Å². The molecule has 2 saturated carbocycles. The van der Waals surface area contributed by atoms with E-state index in [1.54, 1.807) is 12.1 Å². The molecule has 0 heterocycles. The standard InChI is InChI=1S/C14H15F4NO3.C14H19NO3.2C14H25NO3.C14H21NO.C13H19NO.C11H21NO3/c1-6(2)4-3-5-19-13(20)7-8(14(21)22)10(16)12(18)11(17)9(7)15;1-10(2)5-4-8-15-13(16)11-6-3-7-12(9-11)14(17)18;1-10(2)4-3-9-15-13(16)11-5-7-12(8-6-11)14(17)18;1-10(2)6-5-9-15-13(16)11-7-3-4-8-12(11)14(17)18;1-12(2)7-6-10-15-14(16)11-13-8-4-3-5-9-13;1-11(2)7-6-10-14-13(15)12-8-4-3-5-9-12;1-9(2)5-4-8-12-10(13)6-3-7-11(14)15/h6H,3-5H2,1-2H3,(H,19,20)(H,21,22);3,6-7,9-10H,4-5,8H2,1-2H3,(H,15,16)(H,17,18);2*10-12H,3-9H2,1-2H3,(H,15,16)(H,17,18);3-5,8-9,12H,6-7,10-11H2,1-2H3,(H,15,16);3-5,8-9,11H,6-7,10H2,1-2H3,(H,14,15);9H,3-8H2,1-2H3,(H,12,13)(H,14,15). The van der Waals surface area contributed by atoms with Crippen molar-refractivity contribution in [3.63, 3.8) is 0 Å². The molecule has 2 unspecified atom stereocenters. The zero-order chi connectivity index (χ0) is 92.2. The molecule has 0 bridgehead atoms. The Kier molecular flexibility index (Phi) is 60.6. The number of carboxylic acid groups (broad SMARTS) is 5. The SMILES string of the molecule is CC(C)CCCNC(=O)C1CCC(C(=O)O)CC1.CC(C)CCCNC(=O)C1CCCCC1C(=O)O.CC(C)CCCNC(=O)CCCC(=O)O.CC(C)CCCNC(=O)Cc1ccccc1.CC(C)CCCNC(=O)c1c(F)c(F)c(F)c(F)c1C(=O)O.CC(C)CCCNC(=O)c1cccc(C(=O)O)c1.CC(C)CCCNC(=O)c1ccccc1. The molecule has 686 valence electrons. The number of amides is 7. The van der Waals surface area contributed by atoms with Crippen LogP contribution in [0.1, 0.15) is 315 Å². The van der Waals surface area contributed by atoms with Crippen molar-refractivity contribution in [3.8, 4) is 0 Å². The Labute approximate surface area is 722 Å². The molecule has 2 aliphatic rings. The van der Waals surface area contributed by atoms with E-state index in [4.69, 9.17) is 25.5 Å². The van der Waals surface area contributed by atoms with Crippen LogP contribution < -0.4 is 37.2 Å². The Morgan fingerprint density at radius 2 is 0.680 bits per heavy atom. The Bertz CT molecular complexity index is 3720. The predicted molar refractivity (Wildman–Crippen MR) is 468 cm³/mol. The number of benzene rings is 4. The molecule has 2 fully saturated rings. The lowest BCUT2D eigenvalue weighted by molar-refractivity contribution is -0.149. The van der Waals surface area contributed by atoms with E-state index in [0.29, 0.717) is 131 Å². The van der Waals surface area contributed by atoms with E-state index in [1.807, 2.05) is 74.5 Å². The fourth-order valence-corrected chi connectivity index (χ4v) is 12.7. The van der Waals surface area contributed by atoms with Gasteiger partial charge in [0.1, 0.15) is 5.56 Å². The van der Waals surface area contributed by atoms with Gasteiger partial charge in [-0.15, -0.1) is 0 Å². The highest BCUT2D eigenvalue weighted by Crippen LogP contribution is 2.32. The van der Waals surface area contributed by atoms with Gasteiger partial charge >= 0.3 is 29.8 Å². The van der Waals surface area contributed by atoms with E-state index >= 15 is 0 Å². The summed E-state index contributed by atoms with van der Waals surface area (Å²) >= 11 is 0. The van der Waals surface area contributed by atoms with Crippen molar-refractivity contribution in [2.45, 2.75) is 264 Å². The predicted octanol–water partition coefficient (Wildman–Crippen LogP) is 17.9. The number of nitrogens with one attached hydrogen (secondary N) is 7.